The molecular weight excluding hydrogens is 346 g/mol. The highest BCUT2D eigenvalue weighted by Gasteiger charge is 2.18. The number of benzene rings is 2. The van der Waals surface area contributed by atoms with Crippen LogP contribution in [0.2, 0.25) is 5.02 Å². The van der Waals surface area contributed by atoms with Gasteiger partial charge in [-0.2, -0.15) is 0 Å². The highest BCUT2D eigenvalue weighted by molar-refractivity contribution is 7.89. The molecule has 1 atom stereocenters. The summed E-state index contributed by atoms with van der Waals surface area (Å²) in [5.41, 5.74) is 1.82. The lowest BCUT2D eigenvalue weighted by Gasteiger charge is -2.15. The van der Waals surface area contributed by atoms with Gasteiger partial charge < -0.3 is 4.57 Å². The first-order valence-electron chi connectivity index (χ1n) is 7.32. The largest absolute Gasteiger partial charge is 0.306 e. The van der Waals surface area contributed by atoms with Gasteiger partial charge in [-0.3, -0.25) is 0 Å². The van der Waals surface area contributed by atoms with Gasteiger partial charge in [-0.25, -0.2) is 18.1 Å². The lowest BCUT2D eigenvalue weighted by atomic mass is 10.1. The van der Waals surface area contributed by atoms with E-state index in [9.17, 15) is 8.42 Å². The topological polar surface area (TPSA) is 64.0 Å². The minimum absolute atomic E-state index is 0.150. The standard InChI is InChI=1S/C17H16ClN3O2S/c1-13(20-24(22,23)17-4-2-3-15(18)11-17)14-5-7-16(8-6-14)21-10-9-19-12-21/h2-13,20H,1H3/t13-/m1/s1. The van der Waals surface area contributed by atoms with Crippen molar-refractivity contribution >= 4 is 21.6 Å². The monoisotopic (exact) mass is 361 g/mol. The van der Waals surface area contributed by atoms with Gasteiger partial charge in [0.05, 0.1) is 11.2 Å². The number of nitrogens with zero attached hydrogens (tertiary/aromatic N) is 2. The molecule has 0 fully saturated rings. The van der Waals surface area contributed by atoms with Gasteiger partial charge in [0.25, 0.3) is 0 Å². The Morgan fingerprint density at radius 3 is 2.54 bits per heavy atom. The summed E-state index contributed by atoms with van der Waals surface area (Å²) in [6, 6.07) is 13.4. The summed E-state index contributed by atoms with van der Waals surface area (Å²) >= 11 is 5.87. The van der Waals surface area contributed by atoms with Crippen LogP contribution in [0.15, 0.2) is 72.1 Å². The Morgan fingerprint density at radius 1 is 1.17 bits per heavy atom. The summed E-state index contributed by atoms with van der Waals surface area (Å²) in [5.74, 6) is 0. The molecule has 24 heavy (non-hydrogen) atoms. The minimum Gasteiger partial charge on any atom is -0.306 e. The molecule has 0 aliphatic carbocycles. The molecule has 0 aliphatic rings. The third-order valence-corrected chi connectivity index (χ3v) is 5.41. The molecule has 1 heterocycles. The van der Waals surface area contributed by atoms with E-state index in [1.165, 1.54) is 12.1 Å². The van der Waals surface area contributed by atoms with Gasteiger partial charge in [0.2, 0.25) is 10.0 Å². The molecule has 1 aromatic heterocycles. The fraction of sp³-hybridized carbons (Fsp3) is 0.118. The van der Waals surface area contributed by atoms with E-state index in [2.05, 4.69) is 9.71 Å². The molecule has 0 spiro atoms. The second kappa shape index (κ2) is 6.76. The van der Waals surface area contributed by atoms with Crippen molar-refractivity contribution in [2.24, 2.45) is 0 Å². The van der Waals surface area contributed by atoms with Gasteiger partial charge in [-0.1, -0.05) is 29.8 Å². The highest BCUT2D eigenvalue weighted by Crippen LogP contribution is 2.20. The average molecular weight is 362 g/mol. The van der Waals surface area contributed by atoms with E-state index in [-0.39, 0.29) is 10.9 Å². The van der Waals surface area contributed by atoms with E-state index in [1.54, 1.807) is 31.6 Å². The number of hydrogen-bond donors (Lipinski definition) is 1. The van der Waals surface area contributed by atoms with Crippen molar-refractivity contribution in [2.75, 3.05) is 0 Å². The molecule has 7 heteroatoms. The average Bonchev–Trinajstić information content (AvgIpc) is 3.09. The molecule has 2 aromatic carbocycles. The fourth-order valence-electron chi connectivity index (χ4n) is 2.35. The summed E-state index contributed by atoms with van der Waals surface area (Å²) in [6.45, 7) is 1.80. The van der Waals surface area contributed by atoms with Crippen LogP contribution in [0.3, 0.4) is 0 Å². The first kappa shape index (κ1) is 16.7. The van der Waals surface area contributed by atoms with Gasteiger partial charge in [-0.05, 0) is 42.8 Å². The zero-order valence-corrected chi connectivity index (χ0v) is 14.5. The normalized spacial score (nSPS) is 12.9. The number of aromatic nitrogens is 2. The third kappa shape index (κ3) is 3.67. The van der Waals surface area contributed by atoms with Gasteiger partial charge in [0.15, 0.2) is 0 Å². The SMILES string of the molecule is C[C@@H](NS(=O)(=O)c1cccc(Cl)c1)c1ccc(-n2ccnc2)cc1. The Morgan fingerprint density at radius 2 is 1.92 bits per heavy atom. The predicted molar refractivity (Wildman–Crippen MR) is 93.8 cm³/mol. The molecule has 124 valence electrons. The van der Waals surface area contributed by atoms with Gasteiger partial charge in [-0.15, -0.1) is 0 Å². The number of rotatable bonds is 5. The first-order valence-corrected chi connectivity index (χ1v) is 9.18. The van der Waals surface area contributed by atoms with Crippen molar-refractivity contribution in [3.63, 3.8) is 0 Å². The van der Waals surface area contributed by atoms with Crippen molar-refractivity contribution in [2.45, 2.75) is 17.9 Å². The van der Waals surface area contributed by atoms with E-state index in [0.717, 1.165) is 11.3 Å². The number of nitrogens with one attached hydrogen (secondary N) is 1. The second-order valence-electron chi connectivity index (χ2n) is 5.36. The van der Waals surface area contributed by atoms with Crippen LogP contribution >= 0.6 is 11.6 Å². The number of hydrogen-bond acceptors (Lipinski definition) is 3. The molecule has 0 saturated heterocycles. The maximum Gasteiger partial charge on any atom is 0.241 e. The van der Waals surface area contributed by atoms with Crippen molar-refractivity contribution in [3.8, 4) is 5.69 Å². The molecular formula is C17H16ClN3O2S. The Hall–Kier alpha value is -2.15. The Kier molecular flexibility index (Phi) is 4.71. The van der Waals surface area contributed by atoms with E-state index in [4.69, 9.17) is 11.6 Å². The Bertz CT molecular complexity index is 923. The second-order valence-corrected chi connectivity index (χ2v) is 7.51. The van der Waals surface area contributed by atoms with Gasteiger partial charge in [0.1, 0.15) is 0 Å². The van der Waals surface area contributed by atoms with E-state index in [1.807, 2.05) is 35.0 Å². The van der Waals surface area contributed by atoms with E-state index in [0.29, 0.717) is 5.02 Å². The predicted octanol–water partition coefficient (Wildman–Crippen LogP) is 3.57. The maximum absolute atomic E-state index is 12.4. The molecule has 3 aromatic rings. The van der Waals surface area contributed by atoms with Crippen molar-refractivity contribution < 1.29 is 8.42 Å². The maximum atomic E-state index is 12.4. The van der Waals surface area contributed by atoms with Crippen LogP contribution in [0.4, 0.5) is 0 Å². The van der Waals surface area contributed by atoms with Crippen LogP contribution in [-0.2, 0) is 10.0 Å². The minimum atomic E-state index is -3.63. The summed E-state index contributed by atoms with van der Waals surface area (Å²) < 4.78 is 29.4. The van der Waals surface area contributed by atoms with Crippen LogP contribution in [-0.4, -0.2) is 18.0 Å². The highest BCUT2D eigenvalue weighted by atomic mass is 35.5. The molecule has 1 N–H and O–H groups in total. The molecule has 0 radical (unpaired) electrons. The molecule has 5 nitrogen and oxygen atoms in total. The van der Waals surface area contributed by atoms with Crippen LogP contribution in [0, 0.1) is 0 Å². The van der Waals surface area contributed by atoms with Crippen LogP contribution < -0.4 is 4.72 Å². The van der Waals surface area contributed by atoms with Crippen molar-refractivity contribution in [1.82, 2.24) is 14.3 Å². The summed E-state index contributed by atoms with van der Waals surface area (Å²) in [5, 5.41) is 0.384. The summed E-state index contributed by atoms with van der Waals surface area (Å²) in [4.78, 5) is 4.16. The first-order chi connectivity index (χ1) is 11.5. The molecule has 0 amide bonds. The Labute approximate surface area is 146 Å². The van der Waals surface area contributed by atoms with Crippen molar-refractivity contribution in [1.29, 1.82) is 0 Å². The number of sulfonamides is 1. The smallest absolute Gasteiger partial charge is 0.241 e. The lowest BCUT2D eigenvalue weighted by Crippen LogP contribution is -2.26. The number of imidazole rings is 1. The molecule has 0 unspecified atom stereocenters. The van der Waals surface area contributed by atoms with Crippen LogP contribution in [0.25, 0.3) is 5.69 Å². The van der Waals surface area contributed by atoms with E-state index < -0.39 is 10.0 Å². The molecule has 0 saturated carbocycles. The number of halogens is 1. The zero-order chi connectivity index (χ0) is 17.2. The molecule has 0 aliphatic heterocycles. The van der Waals surface area contributed by atoms with Gasteiger partial charge in [0, 0.05) is 29.1 Å². The fourth-order valence-corrected chi connectivity index (χ4v) is 3.88. The van der Waals surface area contributed by atoms with Crippen LogP contribution in [0.5, 0.6) is 0 Å². The Balaban J connectivity index is 1.78. The van der Waals surface area contributed by atoms with E-state index >= 15 is 0 Å². The molecule has 3 rings (SSSR count). The summed E-state index contributed by atoms with van der Waals surface area (Å²) in [6.07, 6.45) is 5.26. The molecule has 0 bridgehead atoms. The quantitative estimate of drug-likeness (QED) is 0.755. The zero-order valence-electron chi connectivity index (χ0n) is 12.9. The van der Waals surface area contributed by atoms with Gasteiger partial charge >= 0.3 is 0 Å². The summed E-state index contributed by atoms with van der Waals surface area (Å²) in [7, 11) is -3.63. The third-order valence-electron chi connectivity index (χ3n) is 3.63. The van der Waals surface area contributed by atoms with Crippen molar-refractivity contribution in [3.05, 3.63) is 77.8 Å². The van der Waals surface area contributed by atoms with Crippen LogP contribution in [0.1, 0.15) is 18.5 Å². The lowest BCUT2D eigenvalue weighted by molar-refractivity contribution is 0.567.